The van der Waals surface area contributed by atoms with Gasteiger partial charge >= 0.3 is 0 Å². The Hall–Kier alpha value is -0.560. The summed E-state index contributed by atoms with van der Waals surface area (Å²) in [6.07, 6.45) is 19.1. The quantitative estimate of drug-likeness (QED) is 0.457. The highest BCUT2D eigenvalue weighted by molar-refractivity contribution is 5.25. The Balaban J connectivity index is 1.52. The van der Waals surface area contributed by atoms with Gasteiger partial charge in [0.15, 0.2) is 0 Å². The first-order chi connectivity index (χ1) is 14.2. The smallest absolute Gasteiger partial charge is 0.0577 e. The van der Waals surface area contributed by atoms with Gasteiger partial charge in [-0.3, -0.25) is 0 Å². The van der Waals surface area contributed by atoms with E-state index in [9.17, 15) is 5.11 Å². The Labute approximate surface area is 186 Å². The normalized spacial score (nSPS) is 45.6. The van der Waals surface area contributed by atoms with Gasteiger partial charge in [-0.15, -0.1) is 0 Å². The summed E-state index contributed by atoms with van der Waals surface area (Å²) in [7, 11) is 0. The summed E-state index contributed by atoms with van der Waals surface area (Å²) in [6.45, 7) is 14.8. The number of fused-ring (bicyclic) bond motifs is 5. The second kappa shape index (κ2) is 8.42. The van der Waals surface area contributed by atoms with Crippen molar-refractivity contribution in [3.63, 3.8) is 0 Å². The number of aliphatic hydroxyl groups excluding tert-OH is 1. The number of hydrogen-bond donors (Lipinski definition) is 1. The zero-order valence-electron chi connectivity index (χ0n) is 20.7. The third-order valence-electron chi connectivity index (χ3n) is 10.8. The molecule has 4 aliphatic carbocycles. The zero-order chi connectivity index (χ0) is 21.7. The SMILES string of the molecule is CC[C@H](/C=C\[C@@H](C)[C@@H]1CC[C@H]2[C@@H]3CC=C4C[C@@H](O)CC[C@]4(C)[C@H]3CC[C@@]21C)C(C)C. The second-order valence-electron chi connectivity index (χ2n) is 12.4. The third-order valence-corrected chi connectivity index (χ3v) is 10.8. The molecule has 0 radical (unpaired) electrons. The number of rotatable bonds is 5. The van der Waals surface area contributed by atoms with Crippen LogP contribution in [-0.2, 0) is 0 Å². The minimum Gasteiger partial charge on any atom is -0.393 e. The van der Waals surface area contributed by atoms with Crippen LogP contribution in [0, 0.1) is 52.3 Å². The largest absolute Gasteiger partial charge is 0.393 e. The monoisotopic (exact) mass is 412 g/mol. The van der Waals surface area contributed by atoms with E-state index in [0.29, 0.717) is 16.7 Å². The van der Waals surface area contributed by atoms with Crippen molar-refractivity contribution in [1.82, 2.24) is 0 Å². The molecule has 4 rings (SSSR count). The fourth-order valence-electron chi connectivity index (χ4n) is 8.83. The Kier molecular flexibility index (Phi) is 6.35. The number of allylic oxidation sites excluding steroid dienone is 3. The van der Waals surface area contributed by atoms with E-state index >= 15 is 0 Å². The molecule has 0 heterocycles. The third kappa shape index (κ3) is 3.66. The van der Waals surface area contributed by atoms with Gasteiger partial charge in [0, 0.05) is 0 Å². The van der Waals surface area contributed by atoms with Crippen molar-refractivity contribution in [2.24, 2.45) is 52.3 Å². The van der Waals surface area contributed by atoms with Gasteiger partial charge in [-0.2, -0.15) is 0 Å². The van der Waals surface area contributed by atoms with Crippen molar-refractivity contribution in [2.45, 2.75) is 105 Å². The summed E-state index contributed by atoms with van der Waals surface area (Å²) in [5.41, 5.74) is 2.51. The lowest BCUT2D eigenvalue weighted by atomic mass is 9.47. The summed E-state index contributed by atoms with van der Waals surface area (Å²) in [4.78, 5) is 0. The summed E-state index contributed by atoms with van der Waals surface area (Å²) in [6, 6.07) is 0. The van der Waals surface area contributed by atoms with E-state index in [2.05, 4.69) is 59.8 Å². The lowest BCUT2D eigenvalue weighted by molar-refractivity contribution is -0.0540. The van der Waals surface area contributed by atoms with Gasteiger partial charge in [0.2, 0.25) is 0 Å². The number of aliphatic hydroxyl groups is 1. The summed E-state index contributed by atoms with van der Waals surface area (Å²) >= 11 is 0. The lowest BCUT2D eigenvalue weighted by Gasteiger charge is -2.58. The fourth-order valence-corrected chi connectivity index (χ4v) is 8.83. The lowest BCUT2D eigenvalue weighted by Crippen LogP contribution is -2.50. The molecule has 0 unspecified atom stereocenters. The molecule has 9 atom stereocenters. The molecule has 170 valence electrons. The van der Waals surface area contributed by atoms with Crippen LogP contribution < -0.4 is 0 Å². The Morgan fingerprint density at radius 1 is 1.03 bits per heavy atom. The van der Waals surface area contributed by atoms with Crippen LogP contribution in [0.4, 0.5) is 0 Å². The fraction of sp³-hybridized carbons (Fsp3) is 0.862. The van der Waals surface area contributed by atoms with Crippen LogP contribution in [0.15, 0.2) is 23.8 Å². The van der Waals surface area contributed by atoms with Crippen LogP contribution in [0.3, 0.4) is 0 Å². The molecule has 1 heteroatoms. The first-order valence-corrected chi connectivity index (χ1v) is 13.3. The van der Waals surface area contributed by atoms with Gasteiger partial charge in [0.25, 0.3) is 0 Å². The summed E-state index contributed by atoms with van der Waals surface area (Å²) < 4.78 is 0. The minimum absolute atomic E-state index is 0.0870. The molecule has 30 heavy (non-hydrogen) atoms. The van der Waals surface area contributed by atoms with Gasteiger partial charge in [-0.1, -0.05) is 65.3 Å². The number of hydrogen-bond acceptors (Lipinski definition) is 1. The van der Waals surface area contributed by atoms with E-state index in [1.807, 2.05) is 0 Å². The second-order valence-corrected chi connectivity index (χ2v) is 12.4. The molecule has 1 N–H and O–H groups in total. The molecule has 0 aromatic heterocycles. The maximum Gasteiger partial charge on any atom is 0.0577 e. The standard InChI is InChI=1S/C29H48O/c1-7-21(19(2)3)9-8-20(4)25-12-13-26-24-11-10-22-18-23(30)14-16-28(22,5)27(24)15-17-29(25,26)6/h8-10,19-21,23-27,30H,7,11-18H2,1-6H3/b9-8-/t20-,21-,23+,24+,25+,26+,27+,28+,29-/m1/s1. The van der Waals surface area contributed by atoms with E-state index in [-0.39, 0.29) is 6.10 Å². The van der Waals surface area contributed by atoms with E-state index in [4.69, 9.17) is 0 Å². The van der Waals surface area contributed by atoms with Crippen LogP contribution in [0.1, 0.15) is 99.3 Å². The summed E-state index contributed by atoms with van der Waals surface area (Å²) in [5, 5.41) is 10.2. The van der Waals surface area contributed by atoms with Gasteiger partial charge < -0.3 is 5.11 Å². The van der Waals surface area contributed by atoms with E-state index in [1.54, 1.807) is 5.57 Å². The Morgan fingerprint density at radius 3 is 2.50 bits per heavy atom. The van der Waals surface area contributed by atoms with E-state index in [0.717, 1.165) is 48.3 Å². The van der Waals surface area contributed by atoms with E-state index in [1.165, 1.54) is 44.9 Å². The average molecular weight is 413 g/mol. The van der Waals surface area contributed by atoms with Crippen LogP contribution >= 0.6 is 0 Å². The Bertz CT molecular complexity index is 674. The van der Waals surface area contributed by atoms with Gasteiger partial charge in [0.05, 0.1) is 6.10 Å². The molecular weight excluding hydrogens is 364 g/mol. The molecule has 4 aliphatic rings. The molecule has 0 aliphatic heterocycles. The van der Waals surface area contributed by atoms with Crippen molar-refractivity contribution in [2.75, 3.05) is 0 Å². The summed E-state index contributed by atoms with van der Waals surface area (Å²) in [5.74, 6) is 5.70. The van der Waals surface area contributed by atoms with Crippen molar-refractivity contribution in [3.05, 3.63) is 23.8 Å². The van der Waals surface area contributed by atoms with Gasteiger partial charge in [-0.25, -0.2) is 0 Å². The minimum atomic E-state index is -0.0870. The molecule has 3 saturated carbocycles. The van der Waals surface area contributed by atoms with Crippen LogP contribution in [0.5, 0.6) is 0 Å². The molecule has 0 aromatic rings. The maximum atomic E-state index is 10.2. The van der Waals surface area contributed by atoms with Crippen molar-refractivity contribution >= 4 is 0 Å². The van der Waals surface area contributed by atoms with E-state index < -0.39 is 0 Å². The Morgan fingerprint density at radius 2 is 1.80 bits per heavy atom. The predicted molar refractivity (Wildman–Crippen MR) is 128 cm³/mol. The van der Waals surface area contributed by atoms with Gasteiger partial charge in [0.1, 0.15) is 0 Å². The average Bonchev–Trinajstić information content (AvgIpc) is 3.06. The molecule has 3 fully saturated rings. The first-order valence-electron chi connectivity index (χ1n) is 13.3. The van der Waals surface area contributed by atoms with Crippen LogP contribution in [0.2, 0.25) is 0 Å². The topological polar surface area (TPSA) is 20.2 Å². The van der Waals surface area contributed by atoms with Crippen molar-refractivity contribution in [3.8, 4) is 0 Å². The molecule has 0 aromatic carbocycles. The van der Waals surface area contributed by atoms with Crippen LogP contribution in [-0.4, -0.2) is 11.2 Å². The highest BCUT2D eigenvalue weighted by Crippen LogP contribution is 2.67. The molecule has 0 saturated heterocycles. The molecule has 0 amide bonds. The molecule has 0 spiro atoms. The highest BCUT2D eigenvalue weighted by Gasteiger charge is 2.58. The molecule has 1 nitrogen and oxygen atoms in total. The molecule has 0 bridgehead atoms. The van der Waals surface area contributed by atoms with Crippen molar-refractivity contribution < 1.29 is 5.11 Å². The first kappa shape index (κ1) is 22.6. The predicted octanol–water partition coefficient (Wildman–Crippen LogP) is 7.80. The van der Waals surface area contributed by atoms with Crippen molar-refractivity contribution in [1.29, 1.82) is 0 Å². The van der Waals surface area contributed by atoms with Gasteiger partial charge in [-0.05, 0) is 110 Å². The molecular formula is C29H48O. The zero-order valence-corrected chi connectivity index (χ0v) is 20.7. The highest BCUT2D eigenvalue weighted by atomic mass is 16.3. The maximum absolute atomic E-state index is 10.2. The van der Waals surface area contributed by atoms with Crippen LogP contribution in [0.25, 0.3) is 0 Å².